The van der Waals surface area contributed by atoms with Crippen molar-refractivity contribution in [2.45, 2.75) is 39.4 Å². The molecule has 1 N–H and O–H groups in total. The average molecular weight is 270 g/mol. The largest absolute Gasteiger partial charge is 0.465 e. The number of aryl methyl sites for hydroxylation is 1. The zero-order valence-corrected chi connectivity index (χ0v) is 12.3. The summed E-state index contributed by atoms with van der Waals surface area (Å²) in [4.78, 5) is 0. The Hall–Kier alpha value is -1.80. The number of fused-ring (bicyclic) bond motifs is 1. The van der Waals surface area contributed by atoms with Gasteiger partial charge in [-0.3, -0.25) is 0 Å². The molecule has 2 unspecified atom stereocenters. The van der Waals surface area contributed by atoms with E-state index in [0.29, 0.717) is 6.42 Å². The van der Waals surface area contributed by atoms with Gasteiger partial charge in [-0.1, -0.05) is 61.9 Å². The Balaban J connectivity index is 0.000000704. The van der Waals surface area contributed by atoms with Gasteiger partial charge in [-0.25, -0.2) is 0 Å². The van der Waals surface area contributed by atoms with E-state index in [-0.39, 0.29) is 5.92 Å². The van der Waals surface area contributed by atoms with Crippen molar-refractivity contribution in [2.75, 3.05) is 0 Å². The lowest BCUT2D eigenvalue weighted by Gasteiger charge is -2.30. The maximum Gasteiger partial charge on any atom is 0.198 e. The number of ether oxygens (including phenoxy) is 1. The molecule has 0 aromatic heterocycles. The van der Waals surface area contributed by atoms with Crippen LogP contribution in [0.1, 0.15) is 42.9 Å². The van der Waals surface area contributed by atoms with Gasteiger partial charge in [-0.15, -0.1) is 0 Å². The third kappa shape index (κ3) is 3.02. The van der Waals surface area contributed by atoms with Crippen molar-refractivity contribution in [1.29, 1.82) is 0 Å². The zero-order chi connectivity index (χ0) is 14.5. The highest BCUT2D eigenvalue weighted by atomic mass is 16.6. The SMILES string of the molecule is CC.Cc1ccc2c(c1)C(c1ccccc1)CC(O)O2. The number of rotatable bonds is 1. The molecule has 1 heterocycles. The van der Waals surface area contributed by atoms with Crippen molar-refractivity contribution in [3.8, 4) is 5.75 Å². The normalized spacial score (nSPS) is 20.2. The van der Waals surface area contributed by atoms with Crippen molar-refractivity contribution >= 4 is 0 Å². The van der Waals surface area contributed by atoms with Gasteiger partial charge in [0, 0.05) is 17.9 Å². The fourth-order valence-corrected chi connectivity index (χ4v) is 2.57. The molecule has 20 heavy (non-hydrogen) atoms. The molecule has 106 valence electrons. The first-order valence-electron chi connectivity index (χ1n) is 7.24. The third-order valence-electron chi connectivity index (χ3n) is 3.44. The molecule has 0 amide bonds. The minimum atomic E-state index is -0.717. The van der Waals surface area contributed by atoms with Crippen LogP contribution in [0.3, 0.4) is 0 Å². The van der Waals surface area contributed by atoms with Gasteiger partial charge in [0.2, 0.25) is 0 Å². The first-order valence-corrected chi connectivity index (χ1v) is 7.24. The van der Waals surface area contributed by atoms with E-state index in [9.17, 15) is 5.11 Å². The summed E-state index contributed by atoms with van der Waals surface area (Å²) in [6.07, 6.45) is -0.106. The van der Waals surface area contributed by atoms with Gasteiger partial charge in [0.25, 0.3) is 0 Å². The topological polar surface area (TPSA) is 29.5 Å². The maximum absolute atomic E-state index is 9.83. The lowest BCUT2D eigenvalue weighted by atomic mass is 9.85. The molecule has 1 aliphatic heterocycles. The minimum Gasteiger partial charge on any atom is -0.465 e. The van der Waals surface area contributed by atoms with E-state index >= 15 is 0 Å². The van der Waals surface area contributed by atoms with Crippen LogP contribution in [-0.2, 0) is 0 Å². The highest BCUT2D eigenvalue weighted by molar-refractivity contribution is 5.45. The molecule has 2 aromatic carbocycles. The van der Waals surface area contributed by atoms with Gasteiger partial charge in [0.05, 0.1) is 0 Å². The van der Waals surface area contributed by atoms with Crippen LogP contribution in [0.5, 0.6) is 5.75 Å². The van der Waals surface area contributed by atoms with Crippen LogP contribution in [0.4, 0.5) is 0 Å². The van der Waals surface area contributed by atoms with Crippen LogP contribution in [0.2, 0.25) is 0 Å². The molecule has 0 saturated heterocycles. The Morgan fingerprint density at radius 3 is 2.45 bits per heavy atom. The van der Waals surface area contributed by atoms with Gasteiger partial charge in [0.15, 0.2) is 6.29 Å². The standard InChI is InChI=1S/C16H16O2.C2H6/c1-11-7-8-15-14(9-11)13(10-16(17)18-15)12-5-3-2-4-6-12;1-2/h2-9,13,16-17H,10H2,1H3;1-2H3. The molecule has 1 aliphatic rings. The molecule has 2 atom stereocenters. The van der Waals surface area contributed by atoms with E-state index < -0.39 is 6.29 Å². The molecular weight excluding hydrogens is 248 g/mol. The monoisotopic (exact) mass is 270 g/mol. The van der Waals surface area contributed by atoms with Crippen molar-refractivity contribution in [3.05, 3.63) is 65.2 Å². The van der Waals surface area contributed by atoms with Crippen LogP contribution in [-0.4, -0.2) is 11.4 Å². The lowest BCUT2D eigenvalue weighted by Crippen LogP contribution is -2.25. The van der Waals surface area contributed by atoms with Crippen molar-refractivity contribution in [2.24, 2.45) is 0 Å². The van der Waals surface area contributed by atoms with Gasteiger partial charge >= 0.3 is 0 Å². The summed E-state index contributed by atoms with van der Waals surface area (Å²) in [5.41, 5.74) is 3.62. The van der Waals surface area contributed by atoms with Crippen LogP contribution in [0.25, 0.3) is 0 Å². The van der Waals surface area contributed by atoms with E-state index in [2.05, 4.69) is 25.1 Å². The van der Waals surface area contributed by atoms with Gasteiger partial charge in [0.1, 0.15) is 5.75 Å². The Morgan fingerprint density at radius 2 is 1.75 bits per heavy atom. The fourth-order valence-electron chi connectivity index (χ4n) is 2.57. The summed E-state index contributed by atoms with van der Waals surface area (Å²) in [5.74, 6) is 1.01. The van der Waals surface area contributed by atoms with E-state index in [1.165, 1.54) is 16.7 Å². The Bertz CT molecular complexity index is 549. The second-order valence-corrected chi connectivity index (χ2v) is 4.81. The second-order valence-electron chi connectivity index (χ2n) is 4.81. The summed E-state index contributed by atoms with van der Waals surface area (Å²) < 4.78 is 5.49. The average Bonchev–Trinajstić information content (AvgIpc) is 2.50. The van der Waals surface area contributed by atoms with E-state index in [4.69, 9.17) is 4.74 Å². The summed E-state index contributed by atoms with van der Waals surface area (Å²) in [6, 6.07) is 16.4. The first-order chi connectivity index (χ1) is 9.74. The molecule has 0 radical (unpaired) electrons. The highest BCUT2D eigenvalue weighted by Crippen LogP contribution is 2.40. The highest BCUT2D eigenvalue weighted by Gasteiger charge is 2.28. The lowest BCUT2D eigenvalue weighted by molar-refractivity contribution is -0.0359. The molecule has 2 nitrogen and oxygen atoms in total. The second kappa shape index (κ2) is 6.58. The van der Waals surface area contributed by atoms with Crippen LogP contribution in [0.15, 0.2) is 48.5 Å². The molecule has 2 aromatic rings. The van der Waals surface area contributed by atoms with Crippen molar-refractivity contribution in [3.63, 3.8) is 0 Å². The van der Waals surface area contributed by atoms with Crippen molar-refractivity contribution in [1.82, 2.24) is 0 Å². The van der Waals surface area contributed by atoms with E-state index in [1.54, 1.807) is 0 Å². The smallest absolute Gasteiger partial charge is 0.198 e. The molecule has 2 heteroatoms. The van der Waals surface area contributed by atoms with E-state index in [0.717, 1.165) is 5.75 Å². The summed E-state index contributed by atoms with van der Waals surface area (Å²) in [6.45, 7) is 6.08. The van der Waals surface area contributed by atoms with Gasteiger partial charge in [-0.2, -0.15) is 0 Å². The first kappa shape index (κ1) is 14.6. The molecule has 0 bridgehead atoms. The van der Waals surface area contributed by atoms with Crippen LogP contribution in [0, 0.1) is 6.92 Å². The Morgan fingerprint density at radius 1 is 1.05 bits per heavy atom. The minimum absolute atomic E-state index is 0.213. The molecule has 3 rings (SSSR count). The number of hydrogen-bond acceptors (Lipinski definition) is 2. The third-order valence-corrected chi connectivity index (χ3v) is 3.44. The van der Waals surface area contributed by atoms with E-state index in [1.807, 2.05) is 44.2 Å². The molecule has 0 fully saturated rings. The van der Waals surface area contributed by atoms with Crippen LogP contribution < -0.4 is 4.74 Å². The summed E-state index contributed by atoms with van der Waals surface area (Å²) in [7, 11) is 0. The maximum atomic E-state index is 9.83. The predicted octanol–water partition coefficient (Wildman–Crippen LogP) is 4.25. The zero-order valence-electron chi connectivity index (χ0n) is 12.3. The summed E-state index contributed by atoms with van der Waals surface area (Å²) >= 11 is 0. The Kier molecular flexibility index (Phi) is 4.80. The Labute approximate surface area is 121 Å². The molecule has 0 aliphatic carbocycles. The van der Waals surface area contributed by atoms with Crippen LogP contribution >= 0.6 is 0 Å². The molecule has 0 saturated carbocycles. The number of hydrogen-bond donors (Lipinski definition) is 1. The van der Waals surface area contributed by atoms with Gasteiger partial charge in [-0.05, 0) is 18.6 Å². The quantitative estimate of drug-likeness (QED) is 0.839. The number of benzene rings is 2. The number of aliphatic hydroxyl groups is 1. The predicted molar refractivity (Wildman–Crippen MR) is 82.1 cm³/mol. The van der Waals surface area contributed by atoms with Gasteiger partial charge < -0.3 is 9.84 Å². The van der Waals surface area contributed by atoms with Crippen molar-refractivity contribution < 1.29 is 9.84 Å². The molecule has 0 spiro atoms. The summed E-state index contributed by atoms with van der Waals surface area (Å²) in [5, 5.41) is 9.83. The molecular formula is C18H22O2. The number of aliphatic hydroxyl groups excluding tert-OH is 1. The fraction of sp³-hybridized carbons (Fsp3) is 0.333.